The van der Waals surface area contributed by atoms with Gasteiger partial charge in [0.05, 0.1) is 19.1 Å². The third-order valence-electron chi connectivity index (χ3n) is 4.01. The van der Waals surface area contributed by atoms with Crippen LogP contribution in [0, 0.1) is 0 Å². The molecule has 1 aromatic rings. The summed E-state index contributed by atoms with van der Waals surface area (Å²) in [5.41, 5.74) is 1.17. The third-order valence-corrected chi connectivity index (χ3v) is 4.79. The maximum Gasteiger partial charge on any atom is 0.225 e. The molecular weight excluding hydrogens is 332 g/mol. The summed E-state index contributed by atoms with van der Waals surface area (Å²) in [6.07, 6.45) is 2.75. The van der Waals surface area contributed by atoms with Gasteiger partial charge in [-0.2, -0.15) is 0 Å². The molecule has 1 N–H and O–H groups in total. The lowest BCUT2D eigenvalue weighted by Gasteiger charge is -2.28. The lowest BCUT2D eigenvalue weighted by molar-refractivity contribution is -0.136. The first-order valence-electron chi connectivity index (χ1n) is 7.59. The van der Waals surface area contributed by atoms with Crippen molar-refractivity contribution >= 4 is 21.8 Å². The summed E-state index contributed by atoms with van der Waals surface area (Å²) in [5, 5.41) is 3.28. The number of rotatable bonds is 5. The topological polar surface area (TPSA) is 41.6 Å². The number of nitrogens with one attached hydrogen (secondary N) is 1. The number of ether oxygens (including phenoxy) is 1. The monoisotopic (exact) mass is 352 g/mol. The fourth-order valence-electron chi connectivity index (χ4n) is 2.68. The lowest BCUT2D eigenvalue weighted by Crippen LogP contribution is -2.42. The van der Waals surface area contributed by atoms with Crippen LogP contribution in [0.3, 0.4) is 0 Å². The van der Waals surface area contributed by atoms with Crippen molar-refractivity contribution in [2.75, 3.05) is 19.7 Å². The van der Waals surface area contributed by atoms with Crippen molar-refractivity contribution in [2.45, 2.75) is 38.0 Å². The van der Waals surface area contributed by atoms with E-state index in [-0.39, 0.29) is 12.0 Å². The van der Waals surface area contributed by atoms with Crippen molar-refractivity contribution in [3.05, 3.63) is 34.3 Å². The molecule has 5 heteroatoms. The summed E-state index contributed by atoms with van der Waals surface area (Å²) in [5.74, 6) is 0.210. The number of nitrogens with zero attached hydrogens (tertiary/aromatic N) is 1. The van der Waals surface area contributed by atoms with Gasteiger partial charge >= 0.3 is 0 Å². The van der Waals surface area contributed by atoms with E-state index in [9.17, 15) is 4.79 Å². The van der Waals surface area contributed by atoms with Crippen LogP contribution in [-0.4, -0.2) is 42.6 Å². The molecule has 1 aromatic carbocycles. The number of carbonyl (C=O) groups excluding carboxylic acids is 1. The highest BCUT2D eigenvalue weighted by Gasteiger charge is 2.34. The molecule has 3 rings (SSSR count). The van der Waals surface area contributed by atoms with Crippen LogP contribution in [0.1, 0.15) is 24.8 Å². The predicted molar refractivity (Wildman–Crippen MR) is 84.9 cm³/mol. The van der Waals surface area contributed by atoms with Gasteiger partial charge in [-0.3, -0.25) is 4.79 Å². The number of hydrogen-bond donors (Lipinski definition) is 1. The fourth-order valence-corrected chi connectivity index (χ4v) is 3.09. The normalized spacial score (nSPS) is 22.0. The molecule has 1 atom stereocenters. The average Bonchev–Trinajstić information content (AvgIpc) is 3.32. The van der Waals surface area contributed by atoms with Crippen molar-refractivity contribution in [1.82, 2.24) is 10.2 Å². The Labute approximate surface area is 134 Å². The van der Waals surface area contributed by atoms with E-state index >= 15 is 0 Å². The number of benzene rings is 1. The second-order valence-electron chi connectivity index (χ2n) is 5.75. The summed E-state index contributed by atoms with van der Waals surface area (Å²) in [4.78, 5) is 14.6. The molecule has 1 unspecified atom stereocenters. The van der Waals surface area contributed by atoms with Gasteiger partial charge < -0.3 is 15.0 Å². The Morgan fingerprint density at radius 1 is 1.38 bits per heavy atom. The molecular formula is C16H21BrN2O2. The molecule has 0 bridgehead atoms. The minimum Gasteiger partial charge on any atom is -0.375 e. The Kier molecular flexibility index (Phi) is 4.93. The smallest absolute Gasteiger partial charge is 0.225 e. The van der Waals surface area contributed by atoms with Gasteiger partial charge in [-0.05, 0) is 24.5 Å². The van der Waals surface area contributed by atoms with Crippen LogP contribution in [0.25, 0.3) is 0 Å². The molecule has 0 aromatic heterocycles. The summed E-state index contributed by atoms with van der Waals surface area (Å²) < 4.78 is 6.72. The molecule has 0 radical (unpaired) electrons. The zero-order chi connectivity index (χ0) is 14.7. The molecule has 1 aliphatic heterocycles. The predicted octanol–water partition coefficient (Wildman–Crippen LogP) is 2.32. The molecule has 0 spiro atoms. The molecule has 2 fully saturated rings. The van der Waals surface area contributed by atoms with Gasteiger partial charge in [0.2, 0.25) is 5.91 Å². The highest BCUT2D eigenvalue weighted by Crippen LogP contribution is 2.30. The van der Waals surface area contributed by atoms with E-state index < -0.39 is 0 Å². The van der Waals surface area contributed by atoms with Crippen molar-refractivity contribution < 1.29 is 9.53 Å². The molecule has 21 heavy (non-hydrogen) atoms. The molecule has 1 amide bonds. The number of morpholine rings is 1. The minimum absolute atomic E-state index is 0.0201. The van der Waals surface area contributed by atoms with Crippen molar-refractivity contribution in [1.29, 1.82) is 0 Å². The molecule has 1 saturated heterocycles. The number of carbonyl (C=O) groups is 1. The van der Waals surface area contributed by atoms with Gasteiger partial charge in [0.1, 0.15) is 0 Å². The molecule has 1 heterocycles. The molecule has 1 aliphatic carbocycles. The summed E-state index contributed by atoms with van der Waals surface area (Å²) >= 11 is 3.57. The van der Waals surface area contributed by atoms with Crippen LogP contribution in [0.4, 0.5) is 0 Å². The SMILES string of the molecule is O=C(CC1CNCCO1)N(Cc1ccccc1Br)C1CC1. The number of hydrogen-bond acceptors (Lipinski definition) is 3. The van der Waals surface area contributed by atoms with E-state index in [0.29, 0.717) is 25.6 Å². The van der Waals surface area contributed by atoms with E-state index in [1.165, 1.54) is 5.56 Å². The first-order chi connectivity index (χ1) is 10.2. The van der Waals surface area contributed by atoms with Gasteiger partial charge in [-0.25, -0.2) is 0 Å². The molecule has 1 saturated carbocycles. The largest absolute Gasteiger partial charge is 0.375 e. The van der Waals surface area contributed by atoms with Gasteiger partial charge in [-0.1, -0.05) is 34.1 Å². The molecule has 114 valence electrons. The van der Waals surface area contributed by atoms with Crippen LogP contribution in [0.2, 0.25) is 0 Å². The quantitative estimate of drug-likeness (QED) is 0.884. The fraction of sp³-hybridized carbons (Fsp3) is 0.562. The van der Waals surface area contributed by atoms with Gasteiger partial charge in [0.15, 0.2) is 0 Å². The Morgan fingerprint density at radius 3 is 2.86 bits per heavy atom. The zero-order valence-corrected chi connectivity index (χ0v) is 13.6. The Morgan fingerprint density at radius 2 is 2.19 bits per heavy atom. The van der Waals surface area contributed by atoms with E-state index in [1.807, 2.05) is 23.1 Å². The Balaban J connectivity index is 1.63. The van der Waals surface area contributed by atoms with Crippen LogP contribution in [0.15, 0.2) is 28.7 Å². The van der Waals surface area contributed by atoms with Gasteiger partial charge in [0, 0.05) is 30.1 Å². The Hall–Kier alpha value is -0.910. The van der Waals surface area contributed by atoms with Crippen LogP contribution >= 0.6 is 15.9 Å². The van der Waals surface area contributed by atoms with Gasteiger partial charge in [0.25, 0.3) is 0 Å². The van der Waals surface area contributed by atoms with E-state index in [4.69, 9.17) is 4.74 Å². The highest BCUT2D eigenvalue weighted by molar-refractivity contribution is 9.10. The maximum atomic E-state index is 12.6. The molecule has 4 nitrogen and oxygen atoms in total. The van der Waals surface area contributed by atoms with Crippen LogP contribution in [0.5, 0.6) is 0 Å². The second kappa shape index (κ2) is 6.90. The standard InChI is InChI=1S/C16H21BrN2O2/c17-15-4-2-1-3-12(15)11-19(13-5-6-13)16(20)9-14-10-18-7-8-21-14/h1-4,13-14,18H,5-11H2. The minimum atomic E-state index is 0.0201. The summed E-state index contributed by atoms with van der Waals surface area (Å²) in [7, 11) is 0. The summed E-state index contributed by atoms with van der Waals surface area (Å²) in [6, 6.07) is 8.54. The second-order valence-corrected chi connectivity index (χ2v) is 6.60. The van der Waals surface area contributed by atoms with Crippen LogP contribution in [-0.2, 0) is 16.1 Å². The van der Waals surface area contributed by atoms with E-state index in [2.05, 4.69) is 27.3 Å². The first kappa shape index (κ1) is 15.0. The number of amides is 1. The van der Waals surface area contributed by atoms with E-state index in [1.54, 1.807) is 0 Å². The lowest BCUT2D eigenvalue weighted by atomic mass is 10.1. The molecule has 2 aliphatic rings. The highest BCUT2D eigenvalue weighted by atomic mass is 79.9. The third kappa shape index (κ3) is 4.05. The van der Waals surface area contributed by atoms with Gasteiger partial charge in [-0.15, -0.1) is 0 Å². The van der Waals surface area contributed by atoms with Crippen molar-refractivity contribution in [3.63, 3.8) is 0 Å². The zero-order valence-electron chi connectivity index (χ0n) is 12.1. The van der Waals surface area contributed by atoms with Crippen molar-refractivity contribution in [3.8, 4) is 0 Å². The Bertz CT molecular complexity index is 499. The van der Waals surface area contributed by atoms with E-state index in [0.717, 1.165) is 30.4 Å². The summed E-state index contributed by atoms with van der Waals surface area (Å²) in [6.45, 7) is 3.05. The first-order valence-corrected chi connectivity index (χ1v) is 8.38. The average molecular weight is 353 g/mol. The number of halogens is 1. The van der Waals surface area contributed by atoms with Crippen molar-refractivity contribution in [2.24, 2.45) is 0 Å². The maximum absolute atomic E-state index is 12.6. The van der Waals surface area contributed by atoms with Crippen LogP contribution < -0.4 is 5.32 Å².